The van der Waals surface area contributed by atoms with Gasteiger partial charge in [-0.2, -0.15) is 0 Å². The zero-order chi connectivity index (χ0) is 17.0. The van der Waals surface area contributed by atoms with Crippen LogP contribution >= 0.6 is 0 Å². The van der Waals surface area contributed by atoms with Gasteiger partial charge in [-0.3, -0.25) is 9.69 Å². The quantitative estimate of drug-likeness (QED) is 0.908. The van der Waals surface area contributed by atoms with Crippen LogP contribution in [-0.4, -0.2) is 28.9 Å². The molecule has 1 amide bonds. The molecule has 1 aromatic rings. The molecule has 2 aliphatic carbocycles. The lowest BCUT2D eigenvalue weighted by Gasteiger charge is -2.43. The van der Waals surface area contributed by atoms with Gasteiger partial charge in [0.1, 0.15) is 0 Å². The minimum atomic E-state index is -0.597. The summed E-state index contributed by atoms with van der Waals surface area (Å²) in [5.74, 6) is 0.901. The van der Waals surface area contributed by atoms with Crippen molar-refractivity contribution in [3.63, 3.8) is 0 Å². The van der Waals surface area contributed by atoms with Crippen molar-refractivity contribution < 1.29 is 14.6 Å². The minimum Gasteiger partial charge on any atom is -0.390 e. The van der Waals surface area contributed by atoms with Gasteiger partial charge >= 0.3 is 0 Å². The molecule has 4 nitrogen and oxygen atoms in total. The van der Waals surface area contributed by atoms with E-state index in [1.165, 1.54) is 0 Å². The molecular weight excluding hydrogens is 302 g/mol. The van der Waals surface area contributed by atoms with E-state index in [1.807, 2.05) is 11.0 Å². The molecule has 2 saturated carbocycles. The van der Waals surface area contributed by atoms with E-state index in [9.17, 15) is 9.90 Å². The van der Waals surface area contributed by atoms with E-state index in [0.29, 0.717) is 5.92 Å². The van der Waals surface area contributed by atoms with Crippen molar-refractivity contribution in [1.29, 1.82) is 0 Å². The van der Waals surface area contributed by atoms with Crippen molar-refractivity contribution in [2.45, 2.75) is 52.0 Å². The van der Waals surface area contributed by atoms with Crippen molar-refractivity contribution >= 4 is 11.6 Å². The second-order valence-electron chi connectivity index (χ2n) is 8.51. The van der Waals surface area contributed by atoms with Crippen molar-refractivity contribution in [3.05, 3.63) is 29.3 Å². The van der Waals surface area contributed by atoms with Gasteiger partial charge in [-0.05, 0) is 43.2 Å². The van der Waals surface area contributed by atoms with Gasteiger partial charge < -0.3 is 9.84 Å². The van der Waals surface area contributed by atoms with Crippen LogP contribution in [0.15, 0.2) is 18.2 Å². The summed E-state index contributed by atoms with van der Waals surface area (Å²) in [5.41, 5.74) is 2.65. The standard InChI is InChI=1S/C20H25NO3/c1-9(2)20-15-13-8-12(17(22)18(13)24-20)14(15)19(23)21(20)16-10(3)6-5-7-11(16)4/h5-7,9,12-15,17-18,22H,8H2,1-4H3/t12-,13-,14-,15-,17+,18+,20-/m1/s1. The van der Waals surface area contributed by atoms with Gasteiger partial charge in [0.25, 0.3) is 0 Å². The predicted molar refractivity (Wildman–Crippen MR) is 90.4 cm³/mol. The van der Waals surface area contributed by atoms with Crippen molar-refractivity contribution in [2.24, 2.45) is 29.6 Å². The lowest BCUT2D eigenvalue weighted by atomic mass is 9.74. The number of aryl methyl sites for hydroxylation is 2. The summed E-state index contributed by atoms with van der Waals surface area (Å²) in [4.78, 5) is 15.5. The van der Waals surface area contributed by atoms with Crippen LogP contribution in [0.25, 0.3) is 0 Å². The summed E-state index contributed by atoms with van der Waals surface area (Å²) in [5, 5.41) is 10.6. The fraction of sp³-hybridized carbons (Fsp3) is 0.650. The molecule has 2 bridgehead atoms. The molecule has 4 aliphatic rings. The topological polar surface area (TPSA) is 49.8 Å². The number of para-hydroxylation sites is 1. The first-order valence-electron chi connectivity index (χ1n) is 9.15. The van der Waals surface area contributed by atoms with E-state index in [4.69, 9.17) is 4.74 Å². The first kappa shape index (κ1) is 14.9. The van der Waals surface area contributed by atoms with E-state index in [0.717, 1.165) is 23.2 Å². The van der Waals surface area contributed by atoms with E-state index in [2.05, 4.69) is 39.8 Å². The maximum Gasteiger partial charge on any atom is 0.233 e. The Morgan fingerprint density at radius 3 is 2.54 bits per heavy atom. The molecule has 1 N–H and O–H groups in total. The Bertz CT molecular complexity index is 724. The summed E-state index contributed by atoms with van der Waals surface area (Å²) in [7, 11) is 0. The molecule has 24 heavy (non-hydrogen) atoms. The van der Waals surface area contributed by atoms with Crippen LogP contribution in [0.3, 0.4) is 0 Å². The molecule has 1 aromatic carbocycles. The van der Waals surface area contributed by atoms with Gasteiger partial charge in [0.15, 0.2) is 5.72 Å². The van der Waals surface area contributed by atoms with E-state index >= 15 is 0 Å². The number of carbonyl (C=O) groups is 1. The molecule has 7 atom stereocenters. The molecule has 2 aliphatic heterocycles. The van der Waals surface area contributed by atoms with Gasteiger partial charge in [-0.1, -0.05) is 32.0 Å². The van der Waals surface area contributed by atoms with Gasteiger partial charge in [-0.25, -0.2) is 0 Å². The third-order valence-corrected chi connectivity index (χ3v) is 7.20. The third-order valence-electron chi connectivity index (χ3n) is 7.20. The number of ether oxygens (including phenoxy) is 1. The zero-order valence-electron chi connectivity index (χ0n) is 14.7. The monoisotopic (exact) mass is 327 g/mol. The normalized spacial score (nSPS) is 45.1. The average molecular weight is 327 g/mol. The first-order chi connectivity index (χ1) is 11.4. The summed E-state index contributed by atoms with van der Waals surface area (Å²) in [6, 6.07) is 6.18. The number of aliphatic hydroxyl groups excluding tert-OH is 1. The largest absolute Gasteiger partial charge is 0.390 e. The highest BCUT2D eigenvalue weighted by Crippen LogP contribution is 2.69. The Balaban J connectivity index is 1.75. The van der Waals surface area contributed by atoms with Gasteiger partial charge in [0, 0.05) is 11.8 Å². The van der Waals surface area contributed by atoms with Crippen LogP contribution in [-0.2, 0) is 9.53 Å². The van der Waals surface area contributed by atoms with Crippen molar-refractivity contribution in [3.8, 4) is 0 Å². The molecule has 2 heterocycles. The second-order valence-corrected chi connectivity index (χ2v) is 8.51. The average Bonchev–Trinajstić information content (AvgIpc) is 3.17. The molecule has 0 spiro atoms. The van der Waals surface area contributed by atoms with Crippen molar-refractivity contribution in [1.82, 2.24) is 0 Å². The molecule has 0 radical (unpaired) electrons. The van der Waals surface area contributed by atoms with E-state index in [1.54, 1.807) is 0 Å². The molecular formula is C20H25NO3. The number of carbonyl (C=O) groups excluding carboxylic acids is 1. The molecule has 0 aromatic heterocycles. The number of fused-ring (bicyclic) bond motifs is 2. The summed E-state index contributed by atoms with van der Waals surface area (Å²) in [6.07, 6.45) is 0.377. The predicted octanol–water partition coefficient (Wildman–Crippen LogP) is 2.64. The fourth-order valence-electron chi connectivity index (χ4n) is 6.43. The molecule has 5 rings (SSSR count). The number of aliphatic hydroxyl groups is 1. The number of hydrogen-bond donors (Lipinski definition) is 1. The van der Waals surface area contributed by atoms with Crippen LogP contribution in [0, 0.1) is 43.4 Å². The minimum absolute atomic E-state index is 0.0763. The Kier molecular flexibility index (Phi) is 2.74. The van der Waals surface area contributed by atoms with Crippen LogP contribution < -0.4 is 4.90 Å². The maximum absolute atomic E-state index is 13.5. The first-order valence-corrected chi connectivity index (χ1v) is 9.15. The molecule has 128 valence electrons. The van der Waals surface area contributed by atoms with Crippen LogP contribution in [0.4, 0.5) is 5.69 Å². The van der Waals surface area contributed by atoms with Crippen LogP contribution in [0.1, 0.15) is 31.4 Å². The molecule has 4 fully saturated rings. The summed E-state index contributed by atoms with van der Waals surface area (Å²) < 4.78 is 6.59. The summed E-state index contributed by atoms with van der Waals surface area (Å²) >= 11 is 0. The number of benzene rings is 1. The summed E-state index contributed by atoms with van der Waals surface area (Å²) in [6.45, 7) is 8.45. The number of amides is 1. The van der Waals surface area contributed by atoms with E-state index < -0.39 is 11.8 Å². The fourth-order valence-corrected chi connectivity index (χ4v) is 6.43. The second kappa shape index (κ2) is 4.41. The highest BCUT2D eigenvalue weighted by molar-refractivity contribution is 6.01. The molecule has 4 heteroatoms. The van der Waals surface area contributed by atoms with Crippen LogP contribution in [0.5, 0.6) is 0 Å². The molecule has 0 unspecified atom stereocenters. The van der Waals surface area contributed by atoms with Gasteiger partial charge in [-0.15, -0.1) is 0 Å². The Morgan fingerprint density at radius 1 is 1.25 bits per heavy atom. The van der Waals surface area contributed by atoms with Gasteiger partial charge in [0.2, 0.25) is 5.91 Å². The number of rotatable bonds is 2. The third kappa shape index (κ3) is 1.39. The van der Waals surface area contributed by atoms with Gasteiger partial charge in [0.05, 0.1) is 23.8 Å². The zero-order valence-corrected chi connectivity index (χ0v) is 14.7. The smallest absolute Gasteiger partial charge is 0.233 e. The van der Waals surface area contributed by atoms with Crippen molar-refractivity contribution in [2.75, 3.05) is 4.90 Å². The highest BCUT2D eigenvalue weighted by atomic mass is 16.6. The maximum atomic E-state index is 13.5. The Hall–Kier alpha value is -1.39. The molecule has 2 saturated heterocycles. The van der Waals surface area contributed by atoms with Crippen LogP contribution in [0.2, 0.25) is 0 Å². The lowest BCUT2D eigenvalue weighted by Crippen LogP contribution is -2.55. The van der Waals surface area contributed by atoms with E-state index in [-0.39, 0.29) is 35.7 Å². The Morgan fingerprint density at radius 2 is 1.92 bits per heavy atom. The Labute approximate surface area is 142 Å². The highest BCUT2D eigenvalue weighted by Gasteiger charge is 2.79. The number of anilines is 1. The SMILES string of the molecule is Cc1cccc(C)c1N1C(=O)[C@@H]2[C@H]3C[C@H]4[C@H](O[C@]1(C(C)C)[C@H]42)[C@H]3O. The number of hydrogen-bond acceptors (Lipinski definition) is 3. The number of nitrogens with zero attached hydrogens (tertiary/aromatic N) is 1. The lowest BCUT2D eigenvalue weighted by molar-refractivity contribution is -0.136.